The van der Waals surface area contributed by atoms with E-state index in [1.165, 1.54) is 18.4 Å². The van der Waals surface area contributed by atoms with E-state index >= 15 is 0 Å². The maximum absolute atomic E-state index is 12.2. The number of rotatable bonds is 3. The van der Waals surface area contributed by atoms with Gasteiger partial charge in [0.2, 0.25) is 0 Å². The number of carbonyl (C=O) groups excluding carboxylic acids is 1. The summed E-state index contributed by atoms with van der Waals surface area (Å²) in [6.07, 6.45) is 4.16. The van der Waals surface area contributed by atoms with Crippen LogP contribution in [-0.2, 0) is 16.6 Å². The molecular formula is C17H24OS. The van der Waals surface area contributed by atoms with Gasteiger partial charge in [0.05, 0.1) is 5.25 Å². The summed E-state index contributed by atoms with van der Waals surface area (Å²) in [6.45, 7) is 6.64. The number of ketones is 1. The van der Waals surface area contributed by atoms with E-state index in [1.807, 2.05) is 11.8 Å². The van der Waals surface area contributed by atoms with E-state index in [9.17, 15) is 4.79 Å². The fourth-order valence-electron chi connectivity index (χ4n) is 2.43. The Labute approximate surface area is 121 Å². The van der Waals surface area contributed by atoms with Gasteiger partial charge in [0.15, 0.2) is 0 Å². The molecule has 1 atom stereocenters. The van der Waals surface area contributed by atoms with Crippen LogP contribution in [0.25, 0.3) is 0 Å². The molecule has 1 aliphatic heterocycles. The van der Waals surface area contributed by atoms with E-state index in [-0.39, 0.29) is 10.7 Å². The summed E-state index contributed by atoms with van der Waals surface area (Å²) >= 11 is 1.85. The minimum absolute atomic E-state index is 0.182. The molecule has 1 aliphatic rings. The second-order valence-corrected chi connectivity index (χ2v) is 7.76. The minimum atomic E-state index is 0.182. The molecule has 1 aromatic rings. The van der Waals surface area contributed by atoms with Crippen molar-refractivity contribution in [2.75, 3.05) is 5.75 Å². The molecule has 104 valence electrons. The summed E-state index contributed by atoms with van der Waals surface area (Å²) in [6, 6.07) is 8.56. The van der Waals surface area contributed by atoms with Gasteiger partial charge in [-0.05, 0) is 35.1 Å². The van der Waals surface area contributed by atoms with Gasteiger partial charge in [-0.3, -0.25) is 4.79 Å². The van der Waals surface area contributed by atoms with Crippen molar-refractivity contribution >= 4 is 17.5 Å². The molecule has 0 aliphatic carbocycles. The van der Waals surface area contributed by atoms with Crippen LogP contribution in [0.1, 0.15) is 51.2 Å². The number of hydrogen-bond donors (Lipinski definition) is 0. The van der Waals surface area contributed by atoms with Gasteiger partial charge in [-0.25, -0.2) is 0 Å². The first-order valence-electron chi connectivity index (χ1n) is 7.20. The Morgan fingerprint density at radius 1 is 1.21 bits per heavy atom. The number of hydrogen-bond acceptors (Lipinski definition) is 2. The molecule has 1 unspecified atom stereocenters. The Morgan fingerprint density at radius 3 is 2.42 bits per heavy atom. The van der Waals surface area contributed by atoms with E-state index in [0.29, 0.717) is 12.2 Å². The normalized spacial score (nSPS) is 20.3. The van der Waals surface area contributed by atoms with Crippen molar-refractivity contribution in [2.24, 2.45) is 0 Å². The number of Topliss-reactive ketones (excluding diaryl/α,β-unsaturated/α-hetero) is 1. The average Bonchev–Trinajstić information content (AvgIpc) is 2.39. The molecule has 0 saturated carbocycles. The van der Waals surface area contributed by atoms with Gasteiger partial charge in [0.25, 0.3) is 0 Å². The zero-order chi connectivity index (χ0) is 13.9. The van der Waals surface area contributed by atoms with Crippen LogP contribution in [0.2, 0.25) is 0 Å². The first-order valence-corrected chi connectivity index (χ1v) is 8.25. The molecule has 1 fully saturated rings. The number of carbonyl (C=O) groups is 1. The van der Waals surface area contributed by atoms with Gasteiger partial charge in [0, 0.05) is 6.42 Å². The Kier molecular flexibility index (Phi) is 4.72. The zero-order valence-electron chi connectivity index (χ0n) is 12.2. The van der Waals surface area contributed by atoms with E-state index in [0.717, 1.165) is 17.7 Å². The van der Waals surface area contributed by atoms with Crippen LogP contribution in [-0.4, -0.2) is 16.8 Å². The molecule has 1 heterocycles. The van der Waals surface area contributed by atoms with Gasteiger partial charge in [-0.15, -0.1) is 0 Å². The molecule has 1 nitrogen and oxygen atoms in total. The van der Waals surface area contributed by atoms with E-state index in [2.05, 4.69) is 45.0 Å². The maximum Gasteiger partial charge on any atom is 0.150 e. The fraction of sp³-hybridized carbons (Fsp3) is 0.588. The topological polar surface area (TPSA) is 17.1 Å². The summed E-state index contributed by atoms with van der Waals surface area (Å²) in [7, 11) is 0. The molecule has 0 spiro atoms. The molecule has 0 bridgehead atoms. The van der Waals surface area contributed by atoms with Crippen molar-refractivity contribution in [1.29, 1.82) is 0 Å². The lowest BCUT2D eigenvalue weighted by molar-refractivity contribution is -0.118. The third-order valence-corrected chi connectivity index (χ3v) is 5.16. The monoisotopic (exact) mass is 276 g/mol. The van der Waals surface area contributed by atoms with Crippen molar-refractivity contribution in [1.82, 2.24) is 0 Å². The van der Waals surface area contributed by atoms with Crippen LogP contribution in [0.3, 0.4) is 0 Å². The van der Waals surface area contributed by atoms with Crippen molar-refractivity contribution in [3.8, 4) is 0 Å². The largest absolute Gasteiger partial charge is 0.298 e. The first kappa shape index (κ1) is 14.6. The Balaban J connectivity index is 1.97. The second kappa shape index (κ2) is 6.13. The first-order chi connectivity index (χ1) is 8.97. The quantitative estimate of drug-likeness (QED) is 0.815. The molecule has 1 saturated heterocycles. The van der Waals surface area contributed by atoms with Gasteiger partial charge < -0.3 is 0 Å². The third-order valence-electron chi connectivity index (χ3n) is 3.74. The molecule has 2 heteroatoms. The van der Waals surface area contributed by atoms with E-state index in [1.54, 1.807) is 0 Å². The number of thioether (sulfide) groups is 1. The van der Waals surface area contributed by atoms with Crippen molar-refractivity contribution in [3.05, 3.63) is 35.4 Å². The Bertz CT molecular complexity index is 422. The van der Waals surface area contributed by atoms with Crippen molar-refractivity contribution in [2.45, 2.75) is 57.1 Å². The van der Waals surface area contributed by atoms with Gasteiger partial charge >= 0.3 is 0 Å². The molecule has 0 amide bonds. The minimum Gasteiger partial charge on any atom is -0.298 e. The predicted molar refractivity (Wildman–Crippen MR) is 84.0 cm³/mol. The smallest absolute Gasteiger partial charge is 0.150 e. The van der Waals surface area contributed by atoms with Gasteiger partial charge in [-0.1, -0.05) is 51.5 Å². The molecule has 1 aromatic carbocycles. The highest BCUT2D eigenvalue weighted by molar-refractivity contribution is 8.00. The Hall–Kier alpha value is -0.760. The van der Waals surface area contributed by atoms with E-state index < -0.39 is 0 Å². The van der Waals surface area contributed by atoms with Crippen LogP contribution in [0.5, 0.6) is 0 Å². The molecule has 19 heavy (non-hydrogen) atoms. The molecule has 0 radical (unpaired) electrons. The second-order valence-electron chi connectivity index (χ2n) is 6.45. The Morgan fingerprint density at radius 2 is 1.89 bits per heavy atom. The van der Waals surface area contributed by atoms with Gasteiger partial charge in [0.1, 0.15) is 5.78 Å². The van der Waals surface area contributed by atoms with Crippen molar-refractivity contribution < 1.29 is 4.79 Å². The van der Waals surface area contributed by atoms with Crippen LogP contribution >= 0.6 is 11.8 Å². The number of benzene rings is 1. The molecule has 0 aromatic heterocycles. The molecule has 2 rings (SSSR count). The van der Waals surface area contributed by atoms with Crippen LogP contribution < -0.4 is 0 Å². The predicted octanol–water partition coefficient (Wildman–Crippen LogP) is 4.38. The fourth-order valence-corrected chi connectivity index (χ4v) is 3.69. The van der Waals surface area contributed by atoms with E-state index in [4.69, 9.17) is 0 Å². The highest BCUT2D eigenvalue weighted by atomic mass is 32.2. The highest BCUT2D eigenvalue weighted by Crippen LogP contribution is 2.27. The SMILES string of the molecule is CC(C)(C)c1ccc(CC(=O)C2CCCCS2)cc1. The lowest BCUT2D eigenvalue weighted by Crippen LogP contribution is -2.22. The summed E-state index contributed by atoms with van der Waals surface area (Å²) in [5.74, 6) is 1.56. The summed E-state index contributed by atoms with van der Waals surface area (Å²) in [4.78, 5) is 12.2. The standard InChI is InChI=1S/C17H24OS/c1-17(2,3)14-9-7-13(8-10-14)12-15(18)16-6-4-5-11-19-16/h7-10,16H,4-6,11-12H2,1-3H3. The molecular weight excluding hydrogens is 252 g/mol. The summed E-state index contributed by atoms with van der Waals surface area (Å²) < 4.78 is 0. The lowest BCUT2D eigenvalue weighted by Gasteiger charge is -2.21. The van der Waals surface area contributed by atoms with Crippen LogP contribution in [0, 0.1) is 0 Å². The summed E-state index contributed by atoms with van der Waals surface area (Å²) in [5, 5.41) is 0.246. The third kappa shape index (κ3) is 4.10. The molecule has 0 N–H and O–H groups in total. The average molecular weight is 276 g/mol. The zero-order valence-corrected chi connectivity index (χ0v) is 13.1. The van der Waals surface area contributed by atoms with Gasteiger partial charge in [-0.2, -0.15) is 11.8 Å². The van der Waals surface area contributed by atoms with Crippen LogP contribution in [0.15, 0.2) is 24.3 Å². The lowest BCUT2D eigenvalue weighted by atomic mass is 9.86. The maximum atomic E-state index is 12.2. The van der Waals surface area contributed by atoms with Crippen molar-refractivity contribution in [3.63, 3.8) is 0 Å². The summed E-state index contributed by atoms with van der Waals surface area (Å²) in [5.41, 5.74) is 2.67. The highest BCUT2D eigenvalue weighted by Gasteiger charge is 2.21. The van der Waals surface area contributed by atoms with Crippen LogP contribution in [0.4, 0.5) is 0 Å².